The number of ketones is 1. The maximum Gasteiger partial charge on any atom is 0.193 e. The van der Waals surface area contributed by atoms with Gasteiger partial charge in [0.15, 0.2) is 5.78 Å². The Balaban J connectivity index is 1.94. The van der Waals surface area contributed by atoms with Gasteiger partial charge in [-0.3, -0.25) is 14.7 Å². The maximum absolute atomic E-state index is 12.0. The zero-order valence-corrected chi connectivity index (χ0v) is 10.7. The monoisotopic (exact) mass is 243 g/mol. The van der Waals surface area contributed by atoms with Gasteiger partial charge in [0.1, 0.15) is 0 Å². The predicted molar refractivity (Wildman–Crippen MR) is 70.3 cm³/mol. The second-order valence-electron chi connectivity index (χ2n) is 4.46. The molecule has 2 heterocycles. The van der Waals surface area contributed by atoms with Gasteiger partial charge in [0.05, 0.1) is 12.2 Å². The van der Waals surface area contributed by atoms with Crippen LogP contribution in [0.1, 0.15) is 16.1 Å². The Bertz CT molecular complexity index is 519. The van der Waals surface area contributed by atoms with E-state index < -0.39 is 0 Å². The van der Waals surface area contributed by atoms with Gasteiger partial charge in [0.2, 0.25) is 0 Å². The Morgan fingerprint density at radius 1 is 1.39 bits per heavy atom. The van der Waals surface area contributed by atoms with Crippen molar-refractivity contribution in [3.63, 3.8) is 0 Å². The first-order valence-corrected chi connectivity index (χ1v) is 5.89. The van der Waals surface area contributed by atoms with Crippen LogP contribution in [0.15, 0.2) is 42.9 Å². The molecule has 0 aliphatic heterocycles. The van der Waals surface area contributed by atoms with Crippen molar-refractivity contribution in [3.8, 4) is 0 Å². The van der Waals surface area contributed by atoms with E-state index in [1.165, 1.54) is 0 Å². The Morgan fingerprint density at radius 3 is 2.83 bits per heavy atom. The Kier molecular flexibility index (Phi) is 3.89. The van der Waals surface area contributed by atoms with E-state index in [9.17, 15) is 4.79 Å². The first-order chi connectivity index (χ1) is 8.66. The number of likely N-dealkylation sites (N-methyl/N-ethyl adjacent to an activating group) is 1. The van der Waals surface area contributed by atoms with Gasteiger partial charge in [-0.05, 0) is 30.8 Å². The summed E-state index contributed by atoms with van der Waals surface area (Å²) in [7, 11) is 3.82. The molecule has 2 aromatic rings. The third kappa shape index (κ3) is 3.05. The fourth-order valence-corrected chi connectivity index (χ4v) is 1.94. The molecule has 0 aromatic carbocycles. The molecule has 0 unspecified atom stereocenters. The molecule has 0 spiro atoms. The van der Waals surface area contributed by atoms with E-state index in [4.69, 9.17) is 0 Å². The highest BCUT2D eigenvalue weighted by molar-refractivity contribution is 5.96. The smallest absolute Gasteiger partial charge is 0.193 e. The van der Waals surface area contributed by atoms with Crippen LogP contribution in [0.4, 0.5) is 0 Å². The molecular formula is C14H17N3O. The summed E-state index contributed by atoms with van der Waals surface area (Å²) < 4.78 is 1.85. The molecule has 4 nitrogen and oxygen atoms in total. The highest BCUT2D eigenvalue weighted by Crippen LogP contribution is 2.05. The molecule has 4 heteroatoms. The number of hydrogen-bond donors (Lipinski definition) is 0. The van der Waals surface area contributed by atoms with Crippen LogP contribution in [0, 0.1) is 0 Å². The Morgan fingerprint density at radius 2 is 2.22 bits per heavy atom. The lowest BCUT2D eigenvalue weighted by Gasteiger charge is -2.15. The van der Waals surface area contributed by atoms with E-state index in [1.807, 2.05) is 60.2 Å². The normalized spacial score (nSPS) is 10.8. The van der Waals surface area contributed by atoms with Crippen molar-refractivity contribution >= 4 is 5.78 Å². The number of nitrogens with zero attached hydrogens (tertiary/aromatic N) is 3. The highest BCUT2D eigenvalue weighted by Gasteiger charge is 2.11. The summed E-state index contributed by atoms with van der Waals surface area (Å²) in [6, 6.07) is 7.65. The van der Waals surface area contributed by atoms with Crippen LogP contribution in [0.5, 0.6) is 0 Å². The van der Waals surface area contributed by atoms with Crippen LogP contribution in [0.25, 0.3) is 0 Å². The quantitative estimate of drug-likeness (QED) is 0.751. The van der Waals surface area contributed by atoms with Gasteiger partial charge in [-0.1, -0.05) is 6.07 Å². The van der Waals surface area contributed by atoms with Crippen molar-refractivity contribution in [2.75, 3.05) is 13.6 Å². The lowest BCUT2D eigenvalue weighted by molar-refractivity contribution is 0.0935. The average molecular weight is 243 g/mol. The van der Waals surface area contributed by atoms with E-state index in [1.54, 1.807) is 6.20 Å². The topological polar surface area (TPSA) is 38.1 Å². The van der Waals surface area contributed by atoms with Crippen LogP contribution < -0.4 is 0 Å². The van der Waals surface area contributed by atoms with Crippen molar-refractivity contribution in [2.45, 2.75) is 6.54 Å². The number of Topliss-reactive ketones (excluding diaryl/α,β-unsaturated/α-hetero) is 1. The molecule has 2 rings (SSSR count). The molecule has 0 bridgehead atoms. The highest BCUT2D eigenvalue weighted by atomic mass is 16.1. The molecule has 0 fully saturated rings. The van der Waals surface area contributed by atoms with Crippen LogP contribution >= 0.6 is 0 Å². The second kappa shape index (κ2) is 5.60. The van der Waals surface area contributed by atoms with Crippen LogP contribution in [-0.2, 0) is 13.6 Å². The molecule has 0 atom stereocenters. The summed E-state index contributed by atoms with van der Waals surface area (Å²) in [5.74, 6) is 0.133. The van der Waals surface area contributed by atoms with Crippen molar-refractivity contribution in [1.82, 2.24) is 14.5 Å². The third-order valence-corrected chi connectivity index (χ3v) is 2.82. The predicted octanol–water partition coefficient (Wildman–Crippen LogP) is 1.73. The number of hydrogen-bond acceptors (Lipinski definition) is 3. The number of carbonyl (C=O) groups is 1. The molecule has 0 saturated carbocycles. The first kappa shape index (κ1) is 12.5. The summed E-state index contributed by atoms with van der Waals surface area (Å²) in [6.45, 7) is 1.14. The zero-order chi connectivity index (χ0) is 13.0. The molecule has 0 aliphatic carbocycles. The second-order valence-corrected chi connectivity index (χ2v) is 4.46. The van der Waals surface area contributed by atoms with Gasteiger partial charge in [0.25, 0.3) is 0 Å². The van der Waals surface area contributed by atoms with E-state index >= 15 is 0 Å². The molecule has 18 heavy (non-hydrogen) atoms. The fourth-order valence-electron chi connectivity index (χ4n) is 1.94. The first-order valence-electron chi connectivity index (χ1n) is 5.89. The molecule has 0 amide bonds. The summed E-state index contributed by atoms with van der Waals surface area (Å²) in [6.07, 6.45) is 5.45. The lowest BCUT2D eigenvalue weighted by Crippen LogP contribution is -2.26. The van der Waals surface area contributed by atoms with Crippen LogP contribution in [0.2, 0.25) is 0 Å². The summed E-state index contributed by atoms with van der Waals surface area (Å²) in [5.41, 5.74) is 1.85. The Labute approximate surface area is 107 Å². The van der Waals surface area contributed by atoms with Gasteiger partial charge in [0, 0.05) is 32.2 Å². The van der Waals surface area contributed by atoms with Crippen LogP contribution in [0.3, 0.4) is 0 Å². The van der Waals surface area contributed by atoms with Crippen LogP contribution in [-0.4, -0.2) is 33.8 Å². The van der Waals surface area contributed by atoms with E-state index in [0.717, 1.165) is 17.8 Å². The average Bonchev–Trinajstić information content (AvgIpc) is 2.76. The molecule has 2 aromatic heterocycles. The Hall–Kier alpha value is -1.94. The summed E-state index contributed by atoms with van der Waals surface area (Å²) in [5, 5.41) is 0. The summed E-state index contributed by atoms with van der Waals surface area (Å²) >= 11 is 0. The van der Waals surface area contributed by atoms with Crippen molar-refractivity contribution in [3.05, 3.63) is 54.1 Å². The van der Waals surface area contributed by atoms with Crippen molar-refractivity contribution < 1.29 is 4.79 Å². The minimum Gasteiger partial charge on any atom is -0.348 e. The number of aromatic nitrogens is 2. The van der Waals surface area contributed by atoms with Gasteiger partial charge in [-0.25, -0.2) is 0 Å². The van der Waals surface area contributed by atoms with Gasteiger partial charge in [-0.2, -0.15) is 0 Å². The molecule has 0 saturated heterocycles. The molecule has 0 N–H and O–H groups in total. The van der Waals surface area contributed by atoms with Gasteiger partial charge < -0.3 is 4.57 Å². The van der Waals surface area contributed by atoms with E-state index in [2.05, 4.69) is 4.98 Å². The van der Waals surface area contributed by atoms with Gasteiger partial charge >= 0.3 is 0 Å². The van der Waals surface area contributed by atoms with Crippen molar-refractivity contribution in [1.29, 1.82) is 0 Å². The molecular weight excluding hydrogens is 226 g/mol. The fraction of sp³-hybridized carbons (Fsp3) is 0.286. The summed E-state index contributed by atoms with van der Waals surface area (Å²) in [4.78, 5) is 18.1. The standard InChI is InChI=1S/C14H17N3O/c1-16(10-12-5-3-7-15-9-12)11-14(18)13-6-4-8-17(13)2/h3-9H,10-11H2,1-2H3. The largest absolute Gasteiger partial charge is 0.348 e. The molecule has 0 aliphatic rings. The van der Waals surface area contributed by atoms with Gasteiger partial charge in [-0.15, -0.1) is 0 Å². The lowest BCUT2D eigenvalue weighted by atomic mass is 10.2. The molecule has 0 radical (unpaired) electrons. The minimum atomic E-state index is 0.133. The third-order valence-electron chi connectivity index (χ3n) is 2.82. The van der Waals surface area contributed by atoms with E-state index in [-0.39, 0.29) is 5.78 Å². The SMILES string of the molecule is CN(CC(=O)c1cccn1C)Cc1cccnc1. The van der Waals surface area contributed by atoms with Crippen molar-refractivity contribution in [2.24, 2.45) is 7.05 Å². The number of rotatable bonds is 5. The molecule has 94 valence electrons. The minimum absolute atomic E-state index is 0.133. The maximum atomic E-state index is 12.0. The number of aryl methyl sites for hydroxylation is 1. The number of carbonyl (C=O) groups excluding carboxylic acids is 1. The zero-order valence-electron chi connectivity index (χ0n) is 10.7. The number of pyridine rings is 1. The van der Waals surface area contributed by atoms with E-state index in [0.29, 0.717) is 6.54 Å².